The summed E-state index contributed by atoms with van der Waals surface area (Å²) in [5.74, 6) is -0.0201. The van der Waals surface area contributed by atoms with Crippen LogP contribution in [0.4, 0.5) is 5.69 Å². The summed E-state index contributed by atoms with van der Waals surface area (Å²) in [4.78, 5) is 23.4. The third-order valence-electron chi connectivity index (χ3n) is 3.02. The number of aromatic nitrogens is 2. The van der Waals surface area contributed by atoms with Crippen LogP contribution in [0.15, 0.2) is 41.2 Å². The van der Waals surface area contributed by atoms with Crippen molar-refractivity contribution in [1.29, 1.82) is 0 Å². The molecule has 0 atom stereocenters. The van der Waals surface area contributed by atoms with Crippen LogP contribution in [0, 0.1) is 0 Å². The molecule has 1 amide bonds. The first kappa shape index (κ1) is 14.0. The minimum absolute atomic E-state index is 0.214. The number of nitrogens with zero attached hydrogens (tertiary/aromatic N) is 2. The summed E-state index contributed by atoms with van der Waals surface area (Å²) in [6.07, 6.45) is 0. The molecule has 20 heavy (non-hydrogen) atoms. The van der Waals surface area contributed by atoms with Gasteiger partial charge < -0.3 is 5.32 Å². The monoisotopic (exact) mass is 271 g/mol. The first-order valence-corrected chi connectivity index (χ1v) is 6.43. The molecule has 5 heteroatoms. The van der Waals surface area contributed by atoms with E-state index in [1.54, 1.807) is 0 Å². The number of anilines is 1. The van der Waals surface area contributed by atoms with Crippen LogP contribution in [0.1, 0.15) is 35.8 Å². The maximum atomic E-state index is 12.2. The average molecular weight is 271 g/mol. The maximum Gasteiger partial charge on any atom is 0.276 e. The van der Waals surface area contributed by atoms with E-state index >= 15 is 0 Å². The molecule has 1 aromatic carbocycles. The molecule has 0 saturated heterocycles. The number of carbonyl (C=O) groups excluding carboxylic acids is 1. The zero-order valence-electron chi connectivity index (χ0n) is 11.8. The predicted octanol–water partition coefficient (Wildman–Crippen LogP) is 2.16. The first-order valence-electron chi connectivity index (χ1n) is 6.43. The van der Waals surface area contributed by atoms with E-state index in [-0.39, 0.29) is 17.2 Å². The van der Waals surface area contributed by atoms with Crippen molar-refractivity contribution in [3.63, 3.8) is 0 Å². The van der Waals surface area contributed by atoms with Crippen LogP contribution in [-0.4, -0.2) is 15.7 Å². The fourth-order valence-corrected chi connectivity index (χ4v) is 1.92. The Labute approximate surface area is 117 Å². The third kappa shape index (κ3) is 2.93. The Morgan fingerprint density at radius 1 is 1.20 bits per heavy atom. The van der Waals surface area contributed by atoms with E-state index in [2.05, 4.69) is 24.3 Å². The average Bonchev–Trinajstić information content (AvgIpc) is 2.42. The summed E-state index contributed by atoms with van der Waals surface area (Å²) in [7, 11) is 1.52. The molecule has 1 N–H and O–H groups in total. The number of hydrogen-bond donors (Lipinski definition) is 1. The van der Waals surface area contributed by atoms with E-state index in [1.807, 2.05) is 24.3 Å². The zero-order valence-corrected chi connectivity index (χ0v) is 11.8. The lowest BCUT2D eigenvalue weighted by Gasteiger charge is -2.13. The molecule has 0 unspecified atom stereocenters. The zero-order chi connectivity index (χ0) is 14.7. The molecule has 0 aliphatic heterocycles. The van der Waals surface area contributed by atoms with Crippen LogP contribution in [0.5, 0.6) is 0 Å². The van der Waals surface area contributed by atoms with Crippen molar-refractivity contribution >= 4 is 11.6 Å². The Morgan fingerprint density at radius 3 is 2.55 bits per heavy atom. The van der Waals surface area contributed by atoms with Crippen molar-refractivity contribution in [1.82, 2.24) is 9.78 Å². The summed E-state index contributed by atoms with van der Waals surface area (Å²) in [6, 6.07) is 10.4. The number of amides is 1. The van der Waals surface area contributed by atoms with Crippen LogP contribution in [0.25, 0.3) is 0 Å². The highest BCUT2D eigenvalue weighted by Gasteiger charge is 2.12. The molecule has 0 aliphatic carbocycles. The Kier molecular flexibility index (Phi) is 3.98. The second kappa shape index (κ2) is 5.69. The topological polar surface area (TPSA) is 64.0 Å². The van der Waals surface area contributed by atoms with Gasteiger partial charge in [-0.05, 0) is 23.6 Å². The first-order chi connectivity index (χ1) is 9.49. The summed E-state index contributed by atoms with van der Waals surface area (Å²) in [5.41, 5.74) is 1.80. The molecule has 1 aromatic heterocycles. The van der Waals surface area contributed by atoms with Gasteiger partial charge in [0.25, 0.3) is 11.5 Å². The summed E-state index contributed by atoms with van der Waals surface area (Å²) >= 11 is 0. The second-order valence-corrected chi connectivity index (χ2v) is 4.88. The Balaban J connectivity index is 2.28. The van der Waals surface area contributed by atoms with E-state index in [0.29, 0.717) is 5.92 Å². The number of aryl methyl sites for hydroxylation is 1. The smallest absolute Gasteiger partial charge is 0.276 e. The van der Waals surface area contributed by atoms with Gasteiger partial charge in [0, 0.05) is 18.8 Å². The summed E-state index contributed by atoms with van der Waals surface area (Å²) < 4.78 is 1.14. The molecule has 5 nitrogen and oxygen atoms in total. The normalized spacial score (nSPS) is 10.6. The number of carbonyl (C=O) groups is 1. The molecular weight excluding hydrogens is 254 g/mol. The van der Waals surface area contributed by atoms with Crippen LogP contribution < -0.4 is 10.9 Å². The SMILES string of the molecule is CC(C)c1ccccc1NC(=O)c1ccc(=O)n(C)n1. The quantitative estimate of drug-likeness (QED) is 0.930. The van der Waals surface area contributed by atoms with E-state index in [9.17, 15) is 9.59 Å². The lowest BCUT2D eigenvalue weighted by Crippen LogP contribution is -2.23. The van der Waals surface area contributed by atoms with E-state index < -0.39 is 0 Å². The van der Waals surface area contributed by atoms with Crippen LogP contribution >= 0.6 is 0 Å². The van der Waals surface area contributed by atoms with Crippen molar-refractivity contribution in [2.45, 2.75) is 19.8 Å². The van der Waals surface area contributed by atoms with Gasteiger partial charge in [0.05, 0.1) is 0 Å². The van der Waals surface area contributed by atoms with Crippen LogP contribution in [0.2, 0.25) is 0 Å². The molecule has 0 spiro atoms. The molecule has 0 saturated carbocycles. The van der Waals surface area contributed by atoms with Crippen LogP contribution in [-0.2, 0) is 7.05 Å². The van der Waals surface area contributed by atoms with Gasteiger partial charge in [-0.15, -0.1) is 0 Å². The summed E-state index contributed by atoms with van der Waals surface area (Å²) in [6.45, 7) is 4.13. The maximum absolute atomic E-state index is 12.2. The number of benzene rings is 1. The number of rotatable bonds is 3. The predicted molar refractivity (Wildman–Crippen MR) is 78.0 cm³/mol. The van der Waals surface area contributed by atoms with Gasteiger partial charge in [-0.2, -0.15) is 5.10 Å². The number of nitrogens with one attached hydrogen (secondary N) is 1. The molecule has 104 valence electrons. The summed E-state index contributed by atoms with van der Waals surface area (Å²) in [5, 5.41) is 6.77. The van der Waals surface area contributed by atoms with Crippen molar-refractivity contribution in [3.05, 3.63) is 58.0 Å². The van der Waals surface area contributed by atoms with Gasteiger partial charge in [0.15, 0.2) is 0 Å². The van der Waals surface area contributed by atoms with Gasteiger partial charge in [-0.3, -0.25) is 9.59 Å². The molecule has 0 aliphatic rings. The largest absolute Gasteiger partial charge is 0.320 e. The van der Waals surface area contributed by atoms with Crippen LogP contribution in [0.3, 0.4) is 0 Å². The van der Waals surface area contributed by atoms with Crippen molar-refractivity contribution < 1.29 is 4.79 Å². The molecule has 0 bridgehead atoms. The fourth-order valence-electron chi connectivity index (χ4n) is 1.92. The van der Waals surface area contributed by atoms with Gasteiger partial charge in [-0.25, -0.2) is 4.68 Å². The Bertz CT molecular complexity index is 690. The number of hydrogen-bond acceptors (Lipinski definition) is 3. The lowest BCUT2D eigenvalue weighted by atomic mass is 10.0. The highest BCUT2D eigenvalue weighted by molar-refractivity contribution is 6.03. The molecule has 2 rings (SSSR count). The van der Waals surface area contributed by atoms with E-state index in [0.717, 1.165) is 15.9 Å². The molecule has 0 radical (unpaired) electrons. The van der Waals surface area contributed by atoms with Crippen molar-refractivity contribution in [2.75, 3.05) is 5.32 Å². The van der Waals surface area contributed by atoms with Gasteiger partial charge in [0.1, 0.15) is 5.69 Å². The molecule has 2 aromatic rings. The minimum Gasteiger partial charge on any atom is -0.320 e. The Morgan fingerprint density at radius 2 is 1.90 bits per heavy atom. The number of para-hydroxylation sites is 1. The van der Waals surface area contributed by atoms with E-state index in [4.69, 9.17) is 0 Å². The highest BCUT2D eigenvalue weighted by atomic mass is 16.2. The minimum atomic E-state index is -0.325. The van der Waals surface area contributed by atoms with Gasteiger partial charge in [0.2, 0.25) is 0 Å². The highest BCUT2D eigenvalue weighted by Crippen LogP contribution is 2.23. The van der Waals surface area contributed by atoms with Gasteiger partial charge in [-0.1, -0.05) is 32.0 Å². The third-order valence-corrected chi connectivity index (χ3v) is 3.02. The van der Waals surface area contributed by atoms with Crippen molar-refractivity contribution in [3.8, 4) is 0 Å². The standard InChI is InChI=1S/C15H17N3O2/c1-10(2)11-6-4-5-7-12(11)16-15(20)13-8-9-14(19)18(3)17-13/h4-10H,1-3H3,(H,16,20). The molecule has 0 fully saturated rings. The second-order valence-electron chi connectivity index (χ2n) is 4.88. The molecular formula is C15H17N3O2. The molecule has 1 heterocycles. The fraction of sp³-hybridized carbons (Fsp3) is 0.267. The van der Waals surface area contributed by atoms with Crippen molar-refractivity contribution in [2.24, 2.45) is 7.05 Å². The Hall–Kier alpha value is -2.43. The van der Waals surface area contributed by atoms with Gasteiger partial charge >= 0.3 is 0 Å². The van der Waals surface area contributed by atoms with E-state index in [1.165, 1.54) is 19.2 Å². The lowest BCUT2D eigenvalue weighted by molar-refractivity contribution is 0.102.